The maximum Gasteiger partial charge on any atom is 0.273 e. The largest absolute Gasteiger partial charge is 0.506 e. The minimum atomic E-state index is -0.624. The molecule has 4 N–H and O–H groups in total. The summed E-state index contributed by atoms with van der Waals surface area (Å²) in [5.74, 6) is -1.07. The summed E-state index contributed by atoms with van der Waals surface area (Å²) in [6.07, 6.45) is 0. The van der Waals surface area contributed by atoms with Crippen LogP contribution in [0.1, 0.15) is 11.4 Å². The molecule has 258 valence electrons. The SMILES string of the molecule is Cc1nn(-c2ccccc2)c(O)c1N=Nc1cc([N+](=O)[O-])ccc1O.Cc1nn(-c2ccccc2)c(O)c1N=Nc1ccc([N+](=O)[O-])cc1O.[Cr]. The second-order valence-electron chi connectivity index (χ2n) is 10.3. The zero-order valence-electron chi connectivity index (χ0n) is 26.5. The molecule has 0 saturated carbocycles. The summed E-state index contributed by atoms with van der Waals surface area (Å²) >= 11 is 0. The van der Waals surface area contributed by atoms with Gasteiger partial charge in [-0.2, -0.15) is 19.6 Å². The Morgan fingerprint density at radius 2 is 1.00 bits per heavy atom. The molecular weight excluding hydrogens is 704 g/mol. The van der Waals surface area contributed by atoms with E-state index in [1.807, 2.05) is 24.3 Å². The fraction of sp³-hybridized carbons (Fsp3) is 0.0625. The van der Waals surface area contributed by atoms with Crippen molar-refractivity contribution < 1.29 is 47.6 Å². The van der Waals surface area contributed by atoms with Crippen LogP contribution in [0.4, 0.5) is 34.1 Å². The van der Waals surface area contributed by atoms with Gasteiger partial charge in [0.1, 0.15) is 22.9 Å². The second kappa shape index (κ2) is 16.0. The van der Waals surface area contributed by atoms with Crippen molar-refractivity contribution in [3.05, 3.63) is 129 Å². The minimum Gasteiger partial charge on any atom is -0.506 e. The first kappa shape index (κ1) is 36.9. The average Bonchev–Trinajstić information content (AvgIpc) is 3.56. The van der Waals surface area contributed by atoms with Gasteiger partial charge in [0.15, 0.2) is 11.4 Å². The predicted molar refractivity (Wildman–Crippen MR) is 178 cm³/mol. The van der Waals surface area contributed by atoms with E-state index in [4.69, 9.17) is 0 Å². The maximum atomic E-state index is 10.8. The number of hydrogen-bond donors (Lipinski definition) is 4. The number of aromatic hydroxyl groups is 4. The molecule has 0 radical (unpaired) electrons. The number of non-ortho nitro benzene ring substituents is 2. The van der Waals surface area contributed by atoms with Crippen LogP contribution in [0.3, 0.4) is 0 Å². The van der Waals surface area contributed by atoms with Gasteiger partial charge >= 0.3 is 0 Å². The zero-order chi connectivity index (χ0) is 35.9. The van der Waals surface area contributed by atoms with Crippen molar-refractivity contribution in [3.63, 3.8) is 0 Å². The number of nitro benzene ring substituents is 2. The summed E-state index contributed by atoms with van der Waals surface area (Å²) in [5.41, 5.74) is 1.86. The molecule has 2 heterocycles. The molecule has 6 rings (SSSR count). The standard InChI is InChI=1S/2C16H13N5O4.Cr/c1-10-15(16(23)20(19-10)11-5-3-2-4-6-11)18-17-13-9-12(21(24)25)7-8-14(13)22;1-10-15(16(23)20(19-10)11-5-3-2-4-6-11)18-17-13-8-7-12(21(24)25)9-14(13)22;/h2*2-9,22-23H,1H3;. The Labute approximate surface area is 298 Å². The number of phenols is 2. The Morgan fingerprint density at radius 3 is 1.45 bits per heavy atom. The number of aryl methyl sites for hydroxylation is 2. The molecule has 51 heavy (non-hydrogen) atoms. The molecule has 0 aliphatic carbocycles. The monoisotopic (exact) mass is 730 g/mol. The van der Waals surface area contributed by atoms with Crippen LogP contribution in [-0.2, 0) is 17.4 Å². The van der Waals surface area contributed by atoms with E-state index in [1.54, 1.807) is 50.2 Å². The van der Waals surface area contributed by atoms with Crippen LogP contribution >= 0.6 is 0 Å². The molecule has 4 aromatic carbocycles. The average molecular weight is 731 g/mol. The van der Waals surface area contributed by atoms with Crippen LogP contribution in [0.25, 0.3) is 11.4 Å². The van der Waals surface area contributed by atoms with Crippen LogP contribution < -0.4 is 0 Å². The predicted octanol–water partition coefficient (Wildman–Crippen LogP) is 7.83. The smallest absolute Gasteiger partial charge is 0.273 e. The Kier molecular flexibility index (Phi) is 11.5. The van der Waals surface area contributed by atoms with E-state index in [0.717, 1.165) is 24.3 Å². The minimum absolute atomic E-state index is 0. The third-order valence-electron chi connectivity index (χ3n) is 6.87. The molecule has 0 saturated heterocycles. The third kappa shape index (κ3) is 8.37. The van der Waals surface area contributed by atoms with E-state index in [-0.39, 0.29) is 74.7 Å². The molecule has 0 aliphatic heterocycles. The molecular formula is C32H26CrN10O8. The third-order valence-corrected chi connectivity index (χ3v) is 6.87. The first-order chi connectivity index (χ1) is 23.9. The van der Waals surface area contributed by atoms with Gasteiger partial charge in [-0.15, -0.1) is 20.5 Å². The topological polar surface area (TPSA) is 252 Å². The Morgan fingerprint density at radius 1 is 0.569 bits per heavy atom. The van der Waals surface area contributed by atoms with E-state index in [0.29, 0.717) is 22.8 Å². The molecule has 0 unspecified atom stereocenters. The van der Waals surface area contributed by atoms with E-state index in [9.17, 15) is 40.7 Å². The Balaban J connectivity index is 0.000000224. The molecule has 6 aromatic rings. The van der Waals surface area contributed by atoms with Crippen LogP contribution in [0.5, 0.6) is 23.3 Å². The van der Waals surface area contributed by atoms with Crippen molar-refractivity contribution in [2.45, 2.75) is 13.8 Å². The van der Waals surface area contributed by atoms with Gasteiger partial charge in [-0.3, -0.25) is 20.2 Å². The van der Waals surface area contributed by atoms with Crippen LogP contribution in [-0.4, -0.2) is 49.8 Å². The Hall–Kier alpha value is -6.97. The summed E-state index contributed by atoms with van der Waals surface area (Å²) in [4.78, 5) is 20.2. The second-order valence-corrected chi connectivity index (χ2v) is 10.3. The van der Waals surface area contributed by atoms with Gasteiger partial charge in [0.25, 0.3) is 11.4 Å². The van der Waals surface area contributed by atoms with Crippen LogP contribution in [0.15, 0.2) is 118 Å². The fourth-order valence-electron chi connectivity index (χ4n) is 4.37. The van der Waals surface area contributed by atoms with E-state index in [2.05, 4.69) is 30.7 Å². The molecule has 18 nitrogen and oxygen atoms in total. The normalized spacial score (nSPS) is 10.9. The first-order valence-electron chi connectivity index (χ1n) is 14.4. The van der Waals surface area contributed by atoms with Crippen molar-refractivity contribution in [1.29, 1.82) is 0 Å². The van der Waals surface area contributed by atoms with Crippen LogP contribution in [0, 0.1) is 34.1 Å². The first-order valence-corrected chi connectivity index (χ1v) is 14.4. The zero-order valence-corrected chi connectivity index (χ0v) is 27.8. The van der Waals surface area contributed by atoms with Gasteiger partial charge < -0.3 is 20.4 Å². The fourth-order valence-corrected chi connectivity index (χ4v) is 4.37. The van der Waals surface area contributed by atoms with E-state index >= 15 is 0 Å². The molecule has 19 heteroatoms. The van der Waals surface area contributed by atoms with Gasteiger partial charge in [-0.25, -0.2) is 0 Å². The number of benzene rings is 4. The summed E-state index contributed by atoms with van der Waals surface area (Å²) in [7, 11) is 0. The van der Waals surface area contributed by atoms with Gasteiger partial charge in [0.2, 0.25) is 11.8 Å². The van der Waals surface area contributed by atoms with Crippen molar-refractivity contribution in [2.75, 3.05) is 0 Å². The molecule has 0 aliphatic rings. The summed E-state index contributed by atoms with van der Waals surface area (Å²) in [5, 5.41) is 85.6. The van der Waals surface area contributed by atoms with Gasteiger partial charge in [-0.1, -0.05) is 36.4 Å². The van der Waals surface area contributed by atoms with Gasteiger partial charge in [0, 0.05) is 35.6 Å². The number of nitrogens with zero attached hydrogens (tertiary/aromatic N) is 10. The molecule has 0 atom stereocenters. The van der Waals surface area contributed by atoms with Gasteiger partial charge in [0.05, 0.1) is 38.7 Å². The molecule has 0 bridgehead atoms. The van der Waals surface area contributed by atoms with Crippen molar-refractivity contribution in [3.8, 4) is 34.6 Å². The summed E-state index contributed by atoms with van der Waals surface area (Å²) < 4.78 is 2.62. The number of aromatic nitrogens is 4. The quantitative estimate of drug-likeness (QED) is 0.0670. The summed E-state index contributed by atoms with van der Waals surface area (Å²) in [6.45, 7) is 3.30. The molecule has 0 spiro atoms. The number of hydrogen-bond acceptors (Lipinski definition) is 14. The van der Waals surface area contributed by atoms with Crippen molar-refractivity contribution in [1.82, 2.24) is 19.6 Å². The Bertz CT molecular complexity index is 2260. The molecule has 0 amide bonds. The molecule has 2 aromatic heterocycles. The maximum absolute atomic E-state index is 10.8. The number of azo groups is 2. The van der Waals surface area contributed by atoms with Crippen molar-refractivity contribution in [2.24, 2.45) is 20.5 Å². The van der Waals surface area contributed by atoms with Crippen molar-refractivity contribution >= 4 is 34.1 Å². The molecule has 0 fully saturated rings. The van der Waals surface area contributed by atoms with Crippen LogP contribution in [0.2, 0.25) is 0 Å². The number of nitro groups is 2. The van der Waals surface area contributed by atoms with E-state index in [1.165, 1.54) is 21.5 Å². The van der Waals surface area contributed by atoms with Gasteiger partial charge in [-0.05, 0) is 50.2 Å². The van der Waals surface area contributed by atoms with E-state index < -0.39 is 9.85 Å². The number of phenolic OH excluding ortho intramolecular Hbond substituents is 2. The number of para-hydroxylation sites is 2. The summed E-state index contributed by atoms with van der Waals surface area (Å²) in [6, 6.07) is 24.8. The number of rotatable bonds is 8.